The van der Waals surface area contributed by atoms with Crippen molar-refractivity contribution in [3.8, 4) is 0 Å². The van der Waals surface area contributed by atoms with E-state index in [-0.39, 0.29) is 0 Å². The molecule has 0 amide bonds. The van der Waals surface area contributed by atoms with Gasteiger partial charge >= 0.3 is 0 Å². The molecule has 5 atom stereocenters. The quantitative estimate of drug-likeness (QED) is 0.413. The molecule has 0 heteroatoms. The van der Waals surface area contributed by atoms with E-state index in [0.717, 1.165) is 17.8 Å². The molecule has 0 aromatic rings. The molecule has 2 saturated carbocycles. The third-order valence-corrected chi connectivity index (χ3v) is 10.0. The fourth-order valence-corrected chi connectivity index (χ4v) is 8.62. The zero-order chi connectivity index (χ0) is 21.4. The van der Waals surface area contributed by atoms with Crippen molar-refractivity contribution in [2.45, 2.75) is 126 Å². The molecule has 5 unspecified atom stereocenters. The normalized spacial score (nSPS) is 40.3. The lowest BCUT2D eigenvalue weighted by Gasteiger charge is -2.58. The highest BCUT2D eigenvalue weighted by molar-refractivity contribution is 5.35. The van der Waals surface area contributed by atoms with Crippen LogP contribution in [0.2, 0.25) is 0 Å². The van der Waals surface area contributed by atoms with Crippen LogP contribution in [0.3, 0.4) is 0 Å². The maximum Gasteiger partial charge on any atom is -0.00802 e. The highest BCUT2D eigenvalue weighted by atomic mass is 14.6. The van der Waals surface area contributed by atoms with Crippen LogP contribution in [0.4, 0.5) is 0 Å². The summed E-state index contributed by atoms with van der Waals surface area (Å²) in [5.74, 6) is 2.80. The molecule has 0 spiro atoms. The van der Waals surface area contributed by atoms with Crippen LogP contribution in [-0.4, -0.2) is 0 Å². The second-order valence-electron chi connectivity index (χ2n) is 12.0. The Bertz CT molecular complexity index is 634. The van der Waals surface area contributed by atoms with E-state index in [2.05, 4.69) is 41.2 Å². The molecule has 0 aliphatic heterocycles. The van der Waals surface area contributed by atoms with Gasteiger partial charge in [-0.25, -0.2) is 0 Å². The molecule has 4 aliphatic carbocycles. The summed E-state index contributed by atoms with van der Waals surface area (Å²) in [5.41, 5.74) is 6.98. The van der Waals surface area contributed by atoms with Crippen LogP contribution in [0, 0.1) is 34.0 Å². The highest BCUT2D eigenvalue weighted by Gasteiger charge is 2.56. The largest absolute Gasteiger partial charge is 0.100 e. The van der Waals surface area contributed by atoms with Gasteiger partial charge in [0.25, 0.3) is 0 Å². The Morgan fingerprint density at radius 3 is 2.38 bits per heavy atom. The fraction of sp³-hybridized carbons (Fsp3) is 0.862. The molecule has 4 aliphatic rings. The molecule has 0 saturated heterocycles. The minimum Gasteiger partial charge on any atom is -0.100 e. The first-order valence-electron chi connectivity index (χ1n) is 13.1. The zero-order valence-corrected chi connectivity index (χ0v) is 20.9. The smallest absolute Gasteiger partial charge is 0.00802 e. The minimum absolute atomic E-state index is 0.523. The first-order chi connectivity index (χ1) is 13.7. The van der Waals surface area contributed by atoms with Gasteiger partial charge in [0.1, 0.15) is 0 Å². The molecular formula is C29H50. The molecule has 0 aromatic heterocycles. The van der Waals surface area contributed by atoms with Gasteiger partial charge in [0.2, 0.25) is 0 Å². The summed E-state index contributed by atoms with van der Waals surface area (Å²) in [6.45, 7) is 20.8. The Hall–Kier alpha value is -0.520. The van der Waals surface area contributed by atoms with Crippen molar-refractivity contribution in [2.75, 3.05) is 0 Å². The minimum atomic E-state index is 0.523. The van der Waals surface area contributed by atoms with Crippen LogP contribution in [-0.2, 0) is 0 Å². The van der Waals surface area contributed by atoms with E-state index >= 15 is 0 Å². The van der Waals surface area contributed by atoms with Crippen molar-refractivity contribution in [1.29, 1.82) is 0 Å². The summed E-state index contributed by atoms with van der Waals surface area (Å²) >= 11 is 0. The lowest BCUT2D eigenvalue weighted by Crippen LogP contribution is -2.48. The average molecular weight is 399 g/mol. The Labute approximate surface area is 183 Å². The molecule has 0 radical (unpaired) electrons. The maximum absolute atomic E-state index is 4.12. The van der Waals surface area contributed by atoms with E-state index in [9.17, 15) is 0 Å². The van der Waals surface area contributed by atoms with Crippen LogP contribution in [0.5, 0.6) is 0 Å². The van der Waals surface area contributed by atoms with Crippen LogP contribution < -0.4 is 0 Å². The van der Waals surface area contributed by atoms with Gasteiger partial charge in [0.05, 0.1) is 0 Å². The summed E-state index contributed by atoms with van der Waals surface area (Å²) in [4.78, 5) is 0. The number of fused-ring (bicyclic) bond motifs is 4. The SMILES string of the molecule is C=C(C)CCCC1CCC2C3=C(CCC12C)C1(C)CCCC(C)(C)C1CC3.CC. The average Bonchev–Trinajstić information content (AvgIpc) is 2.99. The molecule has 166 valence electrons. The predicted octanol–water partition coefficient (Wildman–Crippen LogP) is 9.51. The zero-order valence-electron chi connectivity index (χ0n) is 20.9. The standard InChI is InChI=1S/C27H44.C2H6/c1-19(2)9-7-10-20-11-13-22-21-12-14-24-25(3,4)16-8-17-27(24,6)23(21)15-18-26(20,22)5;1-2/h20,22,24H,1,7-18H2,2-6H3;1-2H3. The van der Waals surface area contributed by atoms with E-state index < -0.39 is 0 Å². The van der Waals surface area contributed by atoms with Crippen molar-refractivity contribution in [2.24, 2.45) is 34.0 Å². The van der Waals surface area contributed by atoms with E-state index in [0.29, 0.717) is 16.2 Å². The third kappa shape index (κ3) is 3.92. The first kappa shape index (κ1) is 23.1. The molecule has 0 aromatic carbocycles. The highest BCUT2D eigenvalue weighted by Crippen LogP contribution is 2.67. The van der Waals surface area contributed by atoms with Gasteiger partial charge in [-0.1, -0.05) is 64.7 Å². The van der Waals surface area contributed by atoms with Gasteiger partial charge in [0, 0.05) is 0 Å². The molecule has 29 heavy (non-hydrogen) atoms. The van der Waals surface area contributed by atoms with Crippen molar-refractivity contribution in [3.05, 3.63) is 23.3 Å². The van der Waals surface area contributed by atoms with Crippen molar-refractivity contribution in [3.63, 3.8) is 0 Å². The van der Waals surface area contributed by atoms with Crippen LogP contribution in [0.15, 0.2) is 23.3 Å². The second-order valence-corrected chi connectivity index (χ2v) is 12.0. The van der Waals surface area contributed by atoms with Gasteiger partial charge in [-0.2, -0.15) is 0 Å². The Balaban J connectivity index is 0.00000117. The summed E-state index contributed by atoms with van der Waals surface area (Å²) in [6, 6.07) is 0. The van der Waals surface area contributed by atoms with E-state index in [1.165, 1.54) is 82.6 Å². The predicted molar refractivity (Wildman–Crippen MR) is 129 cm³/mol. The van der Waals surface area contributed by atoms with Crippen LogP contribution in [0.1, 0.15) is 126 Å². The van der Waals surface area contributed by atoms with E-state index in [1.807, 2.05) is 25.0 Å². The first-order valence-corrected chi connectivity index (χ1v) is 13.1. The van der Waals surface area contributed by atoms with Gasteiger partial charge in [-0.15, -0.1) is 6.58 Å². The van der Waals surface area contributed by atoms with Crippen molar-refractivity contribution >= 4 is 0 Å². The summed E-state index contributed by atoms with van der Waals surface area (Å²) in [6.07, 6.45) is 17.1. The van der Waals surface area contributed by atoms with Crippen LogP contribution in [0.25, 0.3) is 0 Å². The van der Waals surface area contributed by atoms with Gasteiger partial charge in [-0.3, -0.25) is 0 Å². The van der Waals surface area contributed by atoms with E-state index in [4.69, 9.17) is 0 Å². The number of rotatable bonds is 4. The molecule has 0 bridgehead atoms. The Kier molecular flexibility index (Phi) is 6.82. The maximum atomic E-state index is 4.12. The Morgan fingerprint density at radius 2 is 1.69 bits per heavy atom. The topological polar surface area (TPSA) is 0 Å². The number of hydrogen-bond donors (Lipinski definition) is 0. The van der Waals surface area contributed by atoms with Gasteiger partial charge < -0.3 is 0 Å². The number of hydrogen-bond acceptors (Lipinski definition) is 0. The monoisotopic (exact) mass is 398 g/mol. The molecule has 0 nitrogen and oxygen atoms in total. The molecule has 4 rings (SSSR count). The Morgan fingerprint density at radius 1 is 0.966 bits per heavy atom. The molecule has 0 N–H and O–H groups in total. The van der Waals surface area contributed by atoms with Gasteiger partial charge in [-0.05, 0) is 112 Å². The second kappa shape index (κ2) is 8.55. The molecule has 0 heterocycles. The fourth-order valence-electron chi connectivity index (χ4n) is 8.62. The van der Waals surface area contributed by atoms with Crippen molar-refractivity contribution < 1.29 is 0 Å². The summed E-state index contributed by atoms with van der Waals surface area (Å²) < 4.78 is 0. The van der Waals surface area contributed by atoms with Gasteiger partial charge in [0.15, 0.2) is 0 Å². The number of allylic oxidation sites excluding steroid dienone is 3. The third-order valence-electron chi connectivity index (χ3n) is 10.0. The lowest BCUT2D eigenvalue weighted by molar-refractivity contribution is -0.00198. The van der Waals surface area contributed by atoms with E-state index in [1.54, 1.807) is 0 Å². The summed E-state index contributed by atoms with van der Waals surface area (Å²) in [7, 11) is 0. The summed E-state index contributed by atoms with van der Waals surface area (Å²) in [5, 5.41) is 0. The van der Waals surface area contributed by atoms with Crippen LogP contribution >= 0.6 is 0 Å². The molecule has 2 fully saturated rings. The molecular weight excluding hydrogens is 348 g/mol. The van der Waals surface area contributed by atoms with Crippen molar-refractivity contribution in [1.82, 2.24) is 0 Å². The lowest BCUT2D eigenvalue weighted by atomic mass is 9.46.